The number of halogens is 1. The Kier molecular flexibility index (Phi) is 4.77. The molecule has 1 amide bonds. The molecule has 2 N–H and O–H groups in total. The summed E-state index contributed by atoms with van der Waals surface area (Å²) in [5.41, 5.74) is 1.30. The third-order valence-electron chi connectivity index (χ3n) is 2.65. The van der Waals surface area contributed by atoms with E-state index in [0.717, 1.165) is 10.6 Å². The van der Waals surface area contributed by atoms with Crippen LogP contribution in [0.25, 0.3) is 0 Å². The third kappa shape index (κ3) is 3.93. The van der Waals surface area contributed by atoms with Crippen LogP contribution in [0.3, 0.4) is 0 Å². The zero-order valence-electron chi connectivity index (χ0n) is 11.1. The minimum atomic E-state index is -0.528. The van der Waals surface area contributed by atoms with Crippen molar-refractivity contribution in [1.29, 1.82) is 0 Å². The molecule has 0 spiro atoms. The Bertz CT molecular complexity index is 687. The van der Waals surface area contributed by atoms with Crippen LogP contribution in [0.1, 0.15) is 11.8 Å². The number of anilines is 2. The Morgan fingerprint density at radius 3 is 2.81 bits per heavy atom. The lowest BCUT2D eigenvalue weighted by atomic mass is 10.2. The predicted octanol–water partition coefficient (Wildman–Crippen LogP) is 3.88. The van der Waals surface area contributed by atoms with Gasteiger partial charge in [0, 0.05) is 23.6 Å². The fourth-order valence-electron chi connectivity index (χ4n) is 1.73. The summed E-state index contributed by atoms with van der Waals surface area (Å²) >= 11 is 7.35. The van der Waals surface area contributed by atoms with Crippen molar-refractivity contribution in [3.8, 4) is 0 Å². The number of nitrogens with one attached hydrogen (secondary N) is 2. The van der Waals surface area contributed by atoms with Gasteiger partial charge in [-0.1, -0.05) is 11.6 Å². The number of hydrogen-bond donors (Lipinski definition) is 2. The van der Waals surface area contributed by atoms with E-state index in [1.165, 1.54) is 30.4 Å². The second-order valence-corrected chi connectivity index (χ2v) is 5.62. The van der Waals surface area contributed by atoms with Gasteiger partial charge in [-0.05, 0) is 23.6 Å². The summed E-state index contributed by atoms with van der Waals surface area (Å²) in [5, 5.41) is 18.5. The van der Waals surface area contributed by atoms with Gasteiger partial charge in [0.2, 0.25) is 5.91 Å². The van der Waals surface area contributed by atoms with Gasteiger partial charge in [-0.3, -0.25) is 14.9 Å². The second kappa shape index (κ2) is 6.55. The molecule has 1 heterocycles. The van der Waals surface area contributed by atoms with E-state index in [4.69, 9.17) is 11.6 Å². The van der Waals surface area contributed by atoms with Gasteiger partial charge in [0.15, 0.2) is 0 Å². The Morgan fingerprint density at radius 1 is 1.43 bits per heavy atom. The fraction of sp³-hybridized carbons (Fsp3) is 0.154. The molecular weight excluding hydrogens is 314 g/mol. The van der Waals surface area contributed by atoms with Crippen molar-refractivity contribution in [3.63, 3.8) is 0 Å². The van der Waals surface area contributed by atoms with Crippen LogP contribution in [0, 0.1) is 10.1 Å². The molecule has 110 valence electrons. The number of nitrogens with zero attached hydrogens (tertiary/aromatic N) is 1. The fourth-order valence-corrected chi connectivity index (χ4v) is 2.75. The number of nitro groups is 1. The molecule has 0 atom stereocenters. The molecule has 21 heavy (non-hydrogen) atoms. The standard InChI is InChI=1S/C13H12ClN3O3S/c1-8(18)16-11-4-5-21-13(11)7-15-9-2-3-12(17(19)20)10(14)6-9/h2-6,15H,7H2,1H3,(H,16,18). The predicted molar refractivity (Wildman–Crippen MR) is 84.1 cm³/mol. The molecule has 1 aromatic carbocycles. The van der Waals surface area contributed by atoms with Gasteiger partial charge in [-0.25, -0.2) is 0 Å². The lowest BCUT2D eigenvalue weighted by Crippen LogP contribution is -2.08. The summed E-state index contributed by atoms with van der Waals surface area (Å²) in [6.45, 7) is 1.94. The van der Waals surface area contributed by atoms with E-state index in [-0.39, 0.29) is 16.6 Å². The van der Waals surface area contributed by atoms with E-state index in [1.807, 2.05) is 11.4 Å². The lowest BCUT2D eigenvalue weighted by molar-refractivity contribution is -0.384. The van der Waals surface area contributed by atoms with Crippen LogP contribution in [0.5, 0.6) is 0 Å². The highest BCUT2D eigenvalue weighted by Gasteiger charge is 2.12. The molecule has 0 saturated heterocycles. The monoisotopic (exact) mass is 325 g/mol. The third-order valence-corrected chi connectivity index (χ3v) is 3.88. The van der Waals surface area contributed by atoms with Crippen molar-refractivity contribution in [2.45, 2.75) is 13.5 Å². The Labute approximate surface area is 129 Å². The van der Waals surface area contributed by atoms with Crippen LogP contribution in [0.4, 0.5) is 17.1 Å². The first-order chi connectivity index (χ1) is 9.97. The Morgan fingerprint density at radius 2 is 2.19 bits per heavy atom. The minimum absolute atomic E-state index is 0.0817. The molecule has 0 aliphatic heterocycles. The number of carbonyl (C=O) groups excluding carboxylic acids is 1. The van der Waals surface area contributed by atoms with Gasteiger partial charge in [-0.15, -0.1) is 11.3 Å². The summed E-state index contributed by atoms with van der Waals surface area (Å²) in [6, 6.07) is 6.28. The molecule has 0 unspecified atom stereocenters. The highest BCUT2D eigenvalue weighted by Crippen LogP contribution is 2.28. The van der Waals surface area contributed by atoms with E-state index >= 15 is 0 Å². The molecule has 1 aromatic heterocycles. The smallest absolute Gasteiger partial charge is 0.288 e. The van der Waals surface area contributed by atoms with Gasteiger partial charge in [0.25, 0.3) is 5.69 Å². The van der Waals surface area contributed by atoms with Gasteiger partial charge < -0.3 is 10.6 Å². The van der Waals surface area contributed by atoms with Crippen molar-refractivity contribution < 1.29 is 9.72 Å². The molecular formula is C13H12ClN3O3S. The first-order valence-electron chi connectivity index (χ1n) is 5.99. The number of hydrogen-bond acceptors (Lipinski definition) is 5. The summed E-state index contributed by atoms with van der Waals surface area (Å²) in [6.07, 6.45) is 0. The maximum absolute atomic E-state index is 11.1. The van der Waals surface area contributed by atoms with Crippen molar-refractivity contribution in [3.05, 3.63) is 49.7 Å². The number of rotatable bonds is 5. The van der Waals surface area contributed by atoms with Crippen molar-refractivity contribution in [1.82, 2.24) is 0 Å². The van der Waals surface area contributed by atoms with Crippen molar-refractivity contribution in [2.24, 2.45) is 0 Å². The molecule has 2 aromatic rings. The zero-order valence-corrected chi connectivity index (χ0v) is 12.6. The average molecular weight is 326 g/mol. The molecule has 8 heteroatoms. The largest absolute Gasteiger partial charge is 0.380 e. The van der Waals surface area contributed by atoms with E-state index in [0.29, 0.717) is 12.2 Å². The Hall–Kier alpha value is -2.12. The van der Waals surface area contributed by atoms with Crippen LogP contribution < -0.4 is 10.6 Å². The average Bonchev–Trinajstić information content (AvgIpc) is 2.82. The summed E-state index contributed by atoms with van der Waals surface area (Å²) < 4.78 is 0. The molecule has 0 fully saturated rings. The summed E-state index contributed by atoms with van der Waals surface area (Å²) in [5.74, 6) is -0.131. The molecule has 0 aliphatic rings. The van der Waals surface area contributed by atoms with E-state index in [9.17, 15) is 14.9 Å². The molecule has 0 saturated carbocycles. The minimum Gasteiger partial charge on any atom is -0.380 e. The van der Waals surface area contributed by atoms with Crippen molar-refractivity contribution >= 4 is 45.9 Å². The number of carbonyl (C=O) groups is 1. The quantitative estimate of drug-likeness (QED) is 0.645. The summed E-state index contributed by atoms with van der Waals surface area (Å²) in [4.78, 5) is 22.2. The zero-order chi connectivity index (χ0) is 15.4. The van der Waals surface area contributed by atoms with E-state index < -0.39 is 4.92 Å². The first-order valence-corrected chi connectivity index (χ1v) is 7.25. The van der Waals surface area contributed by atoms with Crippen LogP contribution >= 0.6 is 22.9 Å². The lowest BCUT2D eigenvalue weighted by Gasteiger charge is -2.08. The highest BCUT2D eigenvalue weighted by atomic mass is 35.5. The number of thiophene rings is 1. The second-order valence-electron chi connectivity index (χ2n) is 4.22. The van der Waals surface area contributed by atoms with Gasteiger partial charge in [-0.2, -0.15) is 0 Å². The van der Waals surface area contributed by atoms with Crippen LogP contribution in [0.2, 0.25) is 5.02 Å². The van der Waals surface area contributed by atoms with E-state index in [1.54, 1.807) is 6.07 Å². The number of benzene rings is 1. The van der Waals surface area contributed by atoms with Crippen LogP contribution in [-0.2, 0) is 11.3 Å². The van der Waals surface area contributed by atoms with Crippen LogP contribution in [-0.4, -0.2) is 10.8 Å². The Balaban J connectivity index is 2.07. The van der Waals surface area contributed by atoms with E-state index in [2.05, 4.69) is 10.6 Å². The summed E-state index contributed by atoms with van der Waals surface area (Å²) in [7, 11) is 0. The normalized spacial score (nSPS) is 10.2. The first kappa shape index (κ1) is 15.3. The number of amides is 1. The molecule has 6 nitrogen and oxygen atoms in total. The van der Waals surface area contributed by atoms with Gasteiger partial charge in [0.1, 0.15) is 5.02 Å². The molecule has 0 radical (unpaired) electrons. The maximum Gasteiger partial charge on any atom is 0.288 e. The molecule has 2 rings (SSSR count). The van der Waals surface area contributed by atoms with Gasteiger partial charge >= 0.3 is 0 Å². The number of nitro benzene ring substituents is 1. The molecule has 0 bridgehead atoms. The topological polar surface area (TPSA) is 84.3 Å². The van der Waals surface area contributed by atoms with Crippen molar-refractivity contribution in [2.75, 3.05) is 10.6 Å². The van der Waals surface area contributed by atoms with Gasteiger partial charge in [0.05, 0.1) is 17.2 Å². The molecule has 0 aliphatic carbocycles. The highest BCUT2D eigenvalue weighted by molar-refractivity contribution is 7.10. The van der Waals surface area contributed by atoms with Crippen LogP contribution in [0.15, 0.2) is 29.6 Å². The SMILES string of the molecule is CC(=O)Nc1ccsc1CNc1ccc([N+](=O)[O-])c(Cl)c1. The maximum atomic E-state index is 11.1.